The molecule has 0 aromatic heterocycles. The zero-order valence-electron chi connectivity index (χ0n) is 14.5. The highest BCUT2D eigenvalue weighted by molar-refractivity contribution is 7.99. The Bertz CT molecular complexity index is 525. The number of nitrogens with one attached hydrogen (secondary N) is 1. The summed E-state index contributed by atoms with van der Waals surface area (Å²) in [4.78, 5) is 14.2. The van der Waals surface area contributed by atoms with E-state index in [2.05, 4.69) is 25.6 Å². The lowest BCUT2D eigenvalue weighted by atomic mass is 9.59. The van der Waals surface area contributed by atoms with E-state index in [4.69, 9.17) is 4.74 Å². The lowest BCUT2D eigenvalue weighted by Gasteiger charge is -2.45. The number of hydrogen-bond donors (Lipinski definition) is 1. The molecule has 1 saturated carbocycles. The summed E-state index contributed by atoms with van der Waals surface area (Å²) in [5.41, 5.74) is 3.59. The quantitative estimate of drug-likeness (QED) is 0.619. The van der Waals surface area contributed by atoms with Crippen LogP contribution in [0.1, 0.15) is 46.0 Å². The molecule has 4 aliphatic rings. The molecular weight excluding hydrogens is 306 g/mol. The number of hydrogen-bond acceptors (Lipinski definition) is 3. The molecule has 0 aromatic rings. The maximum absolute atomic E-state index is 12.5. The van der Waals surface area contributed by atoms with E-state index >= 15 is 0 Å². The van der Waals surface area contributed by atoms with E-state index in [1.165, 1.54) is 43.9 Å². The van der Waals surface area contributed by atoms with E-state index in [-0.39, 0.29) is 18.0 Å². The minimum Gasteiger partial charge on any atom is -0.462 e. The van der Waals surface area contributed by atoms with Gasteiger partial charge in [0.25, 0.3) is 0 Å². The van der Waals surface area contributed by atoms with E-state index in [1.54, 1.807) is 16.0 Å². The van der Waals surface area contributed by atoms with Crippen LogP contribution in [-0.2, 0) is 9.53 Å². The van der Waals surface area contributed by atoms with Crippen molar-refractivity contribution >= 4 is 17.7 Å². The molecule has 1 N–H and O–H groups in total. The van der Waals surface area contributed by atoms with E-state index in [0.717, 1.165) is 19.4 Å². The lowest BCUT2D eigenvalue weighted by molar-refractivity contribution is -0.899. The number of fused-ring (bicyclic) bond motifs is 2. The van der Waals surface area contributed by atoms with E-state index in [1.807, 2.05) is 0 Å². The zero-order chi connectivity index (χ0) is 16.0. The highest BCUT2D eigenvalue weighted by Crippen LogP contribution is 2.54. The number of rotatable bonds is 2. The highest BCUT2D eigenvalue weighted by atomic mass is 32.2. The van der Waals surface area contributed by atoms with Crippen molar-refractivity contribution in [2.24, 2.45) is 17.3 Å². The van der Waals surface area contributed by atoms with Gasteiger partial charge in [0.15, 0.2) is 0 Å². The summed E-state index contributed by atoms with van der Waals surface area (Å²) in [7, 11) is 0. The number of allylic oxidation sites excluding steroid dienone is 2. The molecular formula is C19H30NO2S+. The molecule has 3 nitrogen and oxygen atoms in total. The van der Waals surface area contributed by atoms with Crippen LogP contribution in [0, 0.1) is 17.3 Å². The Hall–Kier alpha value is -0.480. The van der Waals surface area contributed by atoms with Crippen LogP contribution in [-0.4, -0.2) is 43.2 Å². The van der Waals surface area contributed by atoms with Gasteiger partial charge in [0.05, 0.1) is 19.6 Å². The Labute approximate surface area is 144 Å². The molecule has 0 amide bonds. The van der Waals surface area contributed by atoms with Gasteiger partial charge >= 0.3 is 5.97 Å². The second-order valence-corrected chi connectivity index (χ2v) is 9.62. The van der Waals surface area contributed by atoms with Gasteiger partial charge in [-0.2, -0.15) is 11.8 Å². The monoisotopic (exact) mass is 336 g/mol. The summed E-state index contributed by atoms with van der Waals surface area (Å²) in [6.07, 6.45) is 6.21. The Kier molecular flexibility index (Phi) is 4.25. The number of carbonyl (C=O) groups excluding carboxylic acids is 1. The van der Waals surface area contributed by atoms with Gasteiger partial charge in [-0.25, -0.2) is 0 Å². The van der Waals surface area contributed by atoms with Crippen molar-refractivity contribution in [2.45, 2.75) is 52.1 Å². The molecule has 2 saturated heterocycles. The maximum Gasteiger partial charge on any atom is 0.315 e. The fraction of sp³-hybridized carbons (Fsp3) is 0.842. The molecule has 0 radical (unpaired) electrons. The molecule has 128 valence electrons. The highest BCUT2D eigenvalue weighted by Gasteiger charge is 2.53. The van der Waals surface area contributed by atoms with Crippen molar-refractivity contribution in [1.82, 2.24) is 0 Å². The first-order valence-corrected chi connectivity index (χ1v) is 10.5. The Morgan fingerprint density at radius 3 is 2.91 bits per heavy atom. The normalized spacial score (nSPS) is 41.5. The van der Waals surface area contributed by atoms with Gasteiger partial charge in [0.2, 0.25) is 0 Å². The smallest absolute Gasteiger partial charge is 0.315 e. The third-order valence-electron chi connectivity index (χ3n) is 6.89. The molecule has 2 heterocycles. The van der Waals surface area contributed by atoms with Gasteiger partial charge in [-0.05, 0) is 44.4 Å². The van der Waals surface area contributed by atoms with E-state index in [9.17, 15) is 4.79 Å². The molecule has 0 unspecified atom stereocenters. The minimum atomic E-state index is 0.103. The van der Waals surface area contributed by atoms with Gasteiger partial charge in [0.1, 0.15) is 12.0 Å². The summed E-state index contributed by atoms with van der Waals surface area (Å²) in [6.45, 7) is 8.17. The van der Waals surface area contributed by atoms with Crippen LogP contribution in [0.3, 0.4) is 0 Å². The topological polar surface area (TPSA) is 30.7 Å². The summed E-state index contributed by atoms with van der Waals surface area (Å²) in [5.74, 6) is 3.18. The Balaban J connectivity index is 1.54. The molecule has 4 heteroatoms. The van der Waals surface area contributed by atoms with Crippen molar-refractivity contribution in [3.63, 3.8) is 0 Å². The average Bonchev–Trinajstić information content (AvgIpc) is 2.81. The van der Waals surface area contributed by atoms with Crippen molar-refractivity contribution in [1.29, 1.82) is 0 Å². The van der Waals surface area contributed by atoms with E-state index in [0.29, 0.717) is 11.3 Å². The van der Waals surface area contributed by atoms with Crippen molar-refractivity contribution in [3.8, 4) is 0 Å². The summed E-state index contributed by atoms with van der Waals surface area (Å²) in [6, 6.07) is 0. The van der Waals surface area contributed by atoms with Crippen LogP contribution in [0.5, 0.6) is 0 Å². The van der Waals surface area contributed by atoms with Crippen LogP contribution in [0.4, 0.5) is 0 Å². The lowest BCUT2D eigenvalue weighted by Crippen LogP contribution is -3.14. The van der Waals surface area contributed by atoms with Crippen molar-refractivity contribution in [2.75, 3.05) is 31.1 Å². The molecule has 23 heavy (non-hydrogen) atoms. The Morgan fingerprint density at radius 2 is 2.13 bits per heavy atom. The third kappa shape index (κ3) is 2.86. The fourth-order valence-electron chi connectivity index (χ4n) is 5.52. The standard InChI is InChI=1S/C19H29NO2S/c1-13-4-3-5-19(2)11-17-14(10-16(13)19)15(18(21)22-17)12-20-6-8-23-9-7-20/h14-15,17H,3-12H2,1-2H3/p+1/t14-,15-,17-,19-/m1/s1. The summed E-state index contributed by atoms with van der Waals surface area (Å²) < 4.78 is 5.89. The SMILES string of the molecule is CC1=C2C[C@H]3[C@@H](C[C@@]2(C)CCC1)OC(=O)[C@@H]3C[NH+]1CCSCC1. The van der Waals surface area contributed by atoms with E-state index < -0.39 is 0 Å². The van der Waals surface area contributed by atoms with Crippen LogP contribution in [0.2, 0.25) is 0 Å². The Morgan fingerprint density at radius 1 is 1.35 bits per heavy atom. The number of quaternary nitrogens is 1. The van der Waals surface area contributed by atoms with Crippen LogP contribution >= 0.6 is 11.8 Å². The third-order valence-corrected chi connectivity index (χ3v) is 7.87. The fourth-order valence-corrected chi connectivity index (χ4v) is 6.59. The van der Waals surface area contributed by atoms with Gasteiger partial charge < -0.3 is 9.64 Å². The van der Waals surface area contributed by atoms with Crippen molar-refractivity contribution < 1.29 is 14.4 Å². The van der Waals surface area contributed by atoms with Gasteiger partial charge in [0, 0.05) is 17.4 Å². The van der Waals surface area contributed by atoms with Gasteiger partial charge in [-0.3, -0.25) is 4.79 Å². The zero-order valence-corrected chi connectivity index (χ0v) is 15.3. The second-order valence-electron chi connectivity index (χ2n) is 8.39. The first-order chi connectivity index (χ1) is 11.1. The molecule has 4 atom stereocenters. The van der Waals surface area contributed by atoms with Gasteiger partial charge in [-0.1, -0.05) is 18.1 Å². The molecule has 4 rings (SSSR count). The predicted octanol–water partition coefficient (Wildman–Crippen LogP) is 2.08. The largest absolute Gasteiger partial charge is 0.462 e. The minimum absolute atomic E-state index is 0.103. The van der Waals surface area contributed by atoms with Crippen LogP contribution in [0.15, 0.2) is 11.1 Å². The molecule has 2 aliphatic heterocycles. The van der Waals surface area contributed by atoms with Crippen molar-refractivity contribution in [3.05, 3.63) is 11.1 Å². The summed E-state index contributed by atoms with van der Waals surface area (Å²) in [5, 5.41) is 0. The van der Waals surface area contributed by atoms with Gasteiger partial charge in [-0.15, -0.1) is 0 Å². The number of thioether (sulfide) groups is 1. The first-order valence-electron chi connectivity index (χ1n) is 9.38. The summed E-state index contributed by atoms with van der Waals surface area (Å²) >= 11 is 2.05. The second kappa shape index (κ2) is 6.11. The molecule has 0 spiro atoms. The molecule has 2 aliphatic carbocycles. The number of carbonyl (C=O) groups is 1. The van der Waals surface area contributed by atoms with Crippen LogP contribution in [0.25, 0.3) is 0 Å². The van der Waals surface area contributed by atoms with Crippen LogP contribution < -0.4 is 4.90 Å². The maximum atomic E-state index is 12.5. The predicted molar refractivity (Wildman–Crippen MR) is 93.6 cm³/mol. The number of esters is 1. The first kappa shape index (κ1) is 16.0. The molecule has 3 fully saturated rings. The molecule has 0 bridgehead atoms. The molecule has 0 aromatic carbocycles. The number of ether oxygens (including phenoxy) is 1. The average molecular weight is 337 g/mol.